The van der Waals surface area contributed by atoms with Crippen molar-refractivity contribution in [2.24, 2.45) is 0 Å². The summed E-state index contributed by atoms with van der Waals surface area (Å²) in [5.41, 5.74) is 1.73. The summed E-state index contributed by atoms with van der Waals surface area (Å²) in [5.74, 6) is -3.21. The molecule has 32 heavy (non-hydrogen) atoms. The Labute approximate surface area is 183 Å². The number of fused-ring (bicyclic) bond motifs is 1. The molecule has 3 aromatic rings. The highest BCUT2D eigenvalue weighted by molar-refractivity contribution is 6.42. The number of amides is 1. The van der Waals surface area contributed by atoms with E-state index >= 15 is 0 Å². The predicted octanol–water partition coefficient (Wildman–Crippen LogP) is 2.70. The first-order chi connectivity index (χ1) is 15.2. The van der Waals surface area contributed by atoms with Crippen LogP contribution in [-0.4, -0.2) is 67.7 Å². The molecule has 2 aromatic heterocycles. The molecule has 2 N–H and O–H groups in total. The number of aromatic amines is 1. The molecule has 0 unspecified atom stereocenters. The van der Waals surface area contributed by atoms with Gasteiger partial charge in [-0.3, -0.25) is 14.5 Å². The number of carboxylic acid groups (broad SMARTS) is 1. The number of nitrogens with zero attached hydrogens (tertiary/aromatic N) is 3. The van der Waals surface area contributed by atoms with Gasteiger partial charge >= 0.3 is 5.97 Å². The second kappa shape index (κ2) is 8.51. The molecule has 4 rings (SSSR count). The van der Waals surface area contributed by atoms with E-state index in [0.29, 0.717) is 25.2 Å². The Morgan fingerprint density at radius 1 is 1.09 bits per heavy atom. The lowest BCUT2D eigenvalue weighted by Gasteiger charge is -2.44. The fourth-order valence-corrected chi connectivity index (χ4v) is 4.08. The Hall–Kier alpha value is -3.59. The number of aliphatic carboxylic acids is 1. The molecule has 0 saturated carbocycles. The van der Waals surface area contributed by atoms with Crippen molar-refractivity contribution in [2.45, 2.75) is 32.5 Å². The maximum Gasteiger partial charge on any atom is 0.377 e. The lowest BCUT2D eigenvalue weighted by molar-refractivity contribution is -0.131. The second-order valence-electron chi connectivity index (χ2n) is 8.14. The van der Waals surface area contributed by atoms with Crippen LogP contribution in [0.2, 0.25) is 0 Å². The van der Waals surface area contributed by atoms with Crippen molar-refractivity contribution in [3.63, 3.8) is 0 Å². The van der Waals surface area contributed by atoms with Crippen LogP contribution in [-0.2, 0) is 11.3 Å². The van der Waals surface area contributed by atoms with Crippen molar-refractivity contribution >= 4 is 28.7 Å². The van der Waals surface area contributed by atoms with E-state index in [4.69, 9.17) is 5.11 Å². The van der Waals surface area contributed by atoms with Gasteiger partial charge in [0.2, 0.25) is 0 Å². The summed E-state index contributed by atoms with van der Waals surface area (Å²) in [6.45, 7) is 5.76. The van der Waals surface area contributed by atoms with Crippen LogP contribution in [0.15, 0.2) is 42.6 Å². The van der Waals surface area contributed by atoms with Crippen LogP contribution >= 0.6 is 0 Å². The smallest absolute Gasteiger partial charge is 0.377 e. The quantitative estimate of drug-likeness (QED) is 0.469. The van der Waals surface area contributed by atoms with Gasteiger partial charge in [-0.1, -0.05) is 12.1 Å². The zero-order valence-electron chi connectivity index (χ0n) is 17.7. The highest BCUT2D eigenvalue weighted by Crippen LogP contribution is 2.22. The number of ketones is 1. The molecular weight excluding hydrogens is 415 g/mol. The van der Waals surface area contributed by atoms with Crippen molar-refractivity contribution in [3.05, 3.63) is 65.2 Å². The highest BCUT2D eigenvalue weighted by atomic mass is 19.1. The number of hydrogen-bond acceptors (Lipinski definition) is 5. The van der Waals surface area contributed by atoms with E-state index in [1.807, 2.05) is 13.8 Å². The third-order valence-electron chi connectivity index (χ3n) is 5.86. The molecule has 8 nitrogen and oxygen atoms in total. The molecule has 0 spiro atoms. The lowest BCUT2D eigenvalue weighted by Crippen LogP contribution is -2.57. The number of halogens is 1. The molecule has 2 atom stereocenters. The zero-order chi connectivity index (χ0) is 23.0. The van der Waals surface area contributed by atoms with Gasteiger partial charge in [-0.2, -0.15) is 0 Å². The number of carboxylic acids is 1. The molecule has 1 fully saturated rings. The summed E-state index contributed by atoms with van der Waals surface area (Å²) in [4.78, 5) is 47.3. The second-order valence-corrected chi connectivity index (χ2v) is 8.14. The van der Waals surface area contributed by atoms with E-state index in [2.05, 4.69) is 14.9 Å². The summed E-state index contributed by atoms with van der Waals surface area (Å²) >= 11 is 0. The first-order valence-corrected chi connectivity index (χ1v) is 10.3. The number of Topliss-reactive ketones (excluding diaryl/α,β-unsaturated/α-hetero) is 1. The van der Waals surface area contributed by atoms with E-state index in [-0.39, 0.29) is 40.6 Å². The van der Waals surface area contributed by atoms with Crippen LogP contribution in [0.3, 0.4) is 0 Å². The third-order valence-corrected chi connectivity index (χ3v) is 5.86. The van der Waals surface area contributed by atoms with Crippen molar-refractivity contribution < 1.29 is 23.9 Å². The number of nitrogens with one attached hydrogen (secondary N) is 1. The maximum absolute atomic E-state index is 13.2. The monoisotopic (exact) mass is 438 g/mol. The standard InChI is InChI=1S/C23H23FN4O4/c1-13-11-28(14(2)10-27(13)12-15-3-5-16(24)6-4-15)22(30)19-8-7-18-20(26-19)17(9-25-18)21(29)23(31)32/h3-9,13-14,25H,10-12H2,1-2H3,(H,31,32)/t13-,14+/m0/s1. The topological polar surface area (TPSA) is 107 Å². The van der Waals surface area contributed by atoms with Crippen molar-refractivity contribution in [1.82, 2.24) is 19.8 Å². The summed E-state index contributed by atoms with van der Waals surface area (Å²) in [7, 11) is 0. The number of pyridine rings is 1. The SMILES string of the molecule is C[C@@H]1CN(Cc2ccc(F)cc2)[C@@H](C)CN1C(=O)c1ccc2[nH]cc(C(=O)C(=O)O)c2n1. The molecule has 9 heteroatoms. The number of carbonyl (C=O) groups is 3. The molecule has 0 aliphatic carbocycles. The Bertz CT molecular complexity index is 1190. The average molecular weight is 438 g/mol. The average Bonchev–Trinajstić information content (AvgIpc) is 3.19. The van der Waals surface area contributed by atoms with Crippen LogP contribution in [0.4, 0.5) is 4.39 Å². The van der Waals surface area contributed by atoms with Gasteiger partial charge in [0, 0.05) is 37.9 Å². The van der Waals surface area contributed by atoms with Gasteiger partial charge in [-0.05, 0) is 43.7 Å². The molecule has 0 radical (unpaired) electrons. The molecule has 1 saturated heterocycles. The highest BCUT2D eigenvalue weighted by Gasteiger charge is 2.33. The van der Waals surface area contributed by atoms with E-state index in [9.17, 15) is 18.8 Å². The van der Waals surface area contributed by atoms with Crippen LogP contribution in [0.5, 0.6) is 0 Å². The van der Waals surface area contributed by atoms with Crippen molar-refractivity contribution in [3.8, 4) is 0 Å². The fourth-order valence-electron chi connectivity index (χ4n) is 4.08. The van der Waals surface area contributed by atoms with Crippen molar-refractivity contribution in [2.75, 3.05) is 13.1 Å². The molecule has 0 bridgehead atoms. The summed E-state index contributed by atoms with van der Waals surface area (Å²) in [6, 6.07) is 9.56. The predicted molar refractivity (Wildman–Crippen MR) is 115 cm³/mol. The first-order valence-electron chi connectivity index (χ1n) is 10.3. The molecule has 1 aromatic carbocycles. The third kappa shape index (κ3) is 4.11. The number of carbonyl (C=O) groups excluding carboxylic acids is 2. The van der Waals surface area contributed by atoms with Gasteiger partial charge < -0.3 is 15.0 Å². The lowest BCUT2D eigenvalue weighted by atomic mass is 10.1. The van der Waals surface area contributed by atoms with Gasteiger partial charge in [0.25, 0.3) is 11.7 Å². The summed E-state index contributed by atoms with van der Waals surface area (Å²) in [6.07, 6.45) is 1.29. The van der Waals surface area contributed by atoms with Gasteiger partial charge in [0.1, 0.15) is 17.0 Å². The van der Waals surface area contributed by atoms with Crippen LogP contribution in [0.1, 0.15) is 40.3 Å². The number of benzene rings is 1. The van der Waals surface area contributed by atoms with E-state index in [1.165, 1.54) is 18.3 Å². The zero-order valence-corrected chi connectivity index (χ0v) is 17.7. The number of H-pyrrole nitrogens is 1. The van der Waals surface area contributed by atoms with Crippen LogP contribution < -0.4 is 0 Å². The Kier molecular flexibility index (Phi) is 5.75. The Morgan fingerprint density at radius 2 is 1.81 bits per heavy atom. The van der Waals surface area contributed by atoms with Crippen molar-refractivity contribution in [1.29, 1.82) is 0 Å². The Morgan fingerprint density at radius 3 is 2.50 bits per heavy atom. The van der Waals surface area contributed by atoms with E-state index in [0.717, 1.165) is 5.56 Å². The largest absolute Gasteiger partial charge is 0.475 e. The fraction of sp³-hybridized carbons (Fsp3) is 0.304. The van der Waals surface area contributed by atoms with E-state index in [1.54, 1.807) is 29.2 Å². The van der Waals surface area contributed by atoms with E-state index < -0.39 is 11.8 Å². The van der Waals surface area contributed by atoms with Gasteiger partial charge in [-0.15, -0.1) is 0 Å². The molecule has 1 aliphatic heterocycles. The first kappa shape index (κ1) is 21.6. The molecule has 3 heterocycles. The minimum atomic E-state index is -1.58. The van der Waals surface area contributed by atoms with Crippen LogP contribution in [0, 0.1) is 5.82 Å². The van der Waals surface area contributed by atoms with Gasteiger partial charge in [0.15, 0.2) is 0 Å². The van der Waals surface area contributed by atoms with Gasteiger partial charge in [0.05, 0.1) is 11.1 Å². The summed E-state index contributed by atoms with van der Waals surface area (Å²) in [5, 5.41) is 9.01. The number of hydrogen-bond donors (Lipinski definition) is 2. The minimum Gasteiger partial charge on any atom is -0.475 e. The van der Waals surface area contributed by atoms with Gasteiger partial charge in [-0.25, -0.2) is 14.2 Å². The number of aromatic nitrogens is 2. The normalized spacial score (nSPS) is 19.3. The van der Waals surface area contributed by atoms with Crippen LogP contribution in [0.25, 0.3) is 11.0 Å². The Balaban J connectivity index is 1.53. The minimum absolute atomic E-state index is 0.0698. The molecule has 166 valence electrons. The molecular formula is C23H23FN4O4. The summed E-state index contributed by atoms with van der Waals surface area (Å²) < 4.78 is 13.2. The number of rotatable bonds is 5. The number of piperazine rings is 1. The molecule has 1 amide bonds. The maximum atomic E-state index is 13.2. The molecule has 1 aliphatic rings.